The number of imidazole rings is 1. The molecule has 1 unspecified atom stereocenters. The van der Waals surface area contributed by atoms with Crippen LogP contribution in [0.1, 0.15) is 42.5 Å². The normalized spacial score (nSPS) is 18.2. The van der Waals surface area contributed by atoms with Gasteiger partial charge in [-0.3, -0.25) is 4.90 Å². The van der Waals surface area contributed by atoms with Crippen LogP contribution < -0.4 is 5.32 Å². The van der Waals surface area contributed by atoms with Crippen LogP contribution in [0.25, 0.3) is 0 Å². The van der Waals surface area contributed by atoms with Gasteiger partial charge in [0, 0.05) is 25.9 Å². The second kappa shape index (κ2) is 7.46. The van der Waals surface area contributed by atoms with Gasteiger partial charge in [0.15, 0.2) is 0 Å². The van der Waals surface area contributed by atoms with Crippen LogP contribution in [-0.2, 0) is 13.6 Å². The molecule has 9 heteroatoms. The van der Waals surface area contributed by atoms with Crippen molar-refractivity contribution in [3.05, 3.63) is 41.3 Å². The molecule has 3 aromatic rings. The van der Waals surface area contributed by atoms with E-state index in [-0.39, 0.29) is 6.04 Å². The Balaban J connectivity index is 1.59. The second-order valence-corrected chi connectivity index (χ2v) is 7.41. The lowest BCUT2D eigenvalue weighted by Crippen LogP contribution is -2.34. The van der Waals surface area contributed by atoms with Crippen LogP contribution in [0, 0.1) is 6.92 Å². The van der Waals surface area contributed by atoms with Crippen molar-refractivity contribution in [3.8, 4) is 0 Å². The summed E-state index contributed by atoms with van der Waals surface area (Å²) in [4.78, 5) is 16.0. The smallest absolute Gasteiger partial charge is 0.210 e. The first kappa shape index (κ1) is 17.0. The average molecular weight is 370 g/mol. The lowest BCUT2D eigenvalue weighted by Gasteiger charge is -2.35. The highest BCUT2D eigenvalue weighted by atomic mass is 32.1. The Morgan fingerprint density at radius 2 is 2.23 bits per heavy atom. The zero-order chi connectivity index (χ0) is 17.9. The van der Waals surface area contributed by atoms with Crippen LogP contribution in [0.2, 0.25) is 0 Å². The molecule has 1 aliphatic rings. The van der Waals surface area contributed by atoms with Gasteiger partial charge in [0.25, 0.3) is 0 Å². The topological polar surface area (TPSA) is 84.7 Å². The Morgan fingerprint density at radius 3 is 3.00 bits per heavy atom. The van der Waals surface area contributed by atoms with Gasteiger partial charge in [-0.2, -0.15) is 0 Å². The summed E-state index contributed by atoms with van der Waals surface area (Å²) in [6, 6.07) is 2.33. The third kappa shape index (κ3) is 3.73. The summed E-state index contributed by atoms with van der Waals surface area (Å²) >= 11 is 1.46. The summed E-state index contributed by atoms with van der Waals surface area (Å²) in [5.74, 6) is 1.54. The van der Waals surface area contributed by atoms with Gasteiger partial charge in [-0.15, -0.1) is 10.2 Å². The molecule has 4 rings (SSSR count). The summed E-state index contributed by atoms with van der Waals surface area (Å²) in [5, 5.41) is 11.9. The molecule has 1 fully saturated rings. The first-order valence-electron chi connectivity index (χ1n) is 8.77. The first-order valence-corrected chi connectivity index (χ1v) is 9.65. The highest BCUT2D eigenvalue weighted by Crippen LogP contribution is 2.32. The van der Waals surface area contributed by atoms with E-state index in [9.17, 15) is 0 Å². The molecule has 0 aromatic carbocycles. The number of aryl methyl sites for hydroxylation is 2. The Bertz CT molecular complexity index is 860. The van der Waals surface area contributed by atoms with Crippen molar-refractivity contribution in [1.82, 2.24) is 34.6 Å². The van der Waals surface area contributed by atoms with Crippen molar-refractivity contribution < 1.29 is 0 Å². The zero-order valence-electron chi connectivity index (χ0n) is 15.0. The van der Waals surface area contributed by atoms with Gasteiger partial charge in [-0.25, -0.2) is 15.0 Å². The van der Waals surface area contributed by atoms with E-state index < -0.39 is 0 Å². The quantitative estimate of drug-likeness (QED) is 0.739. The van der Waals surface area contributed by atoms with Gasteiger partial charge in [-0.05, 0) is 26.3 Å². The molecule has 26 heavy (non-hydrogen) atoms. The first-order chi connectivity index (χ1) is 12.7. The van der Waals surface area contributed by atoms with E-state index in [1.165, 1.54) is 29.9 Å². The number of nitrogens with zero attached hydrogens (tertiary/aromatic N) is 7. The summed E-state index contributed by atoms with van der Waals surface area (Å²) in [6.07, 6.45) is 7.34. The Morgan fingerprint density at radius 1 is 1.31 bits per heavy atom. The lowest BCUT2D eigenvalue weighted by molar-refractivity contribution is 0.134. The molecule has 1 atom stereocenters. The molecule has 1 saturated heterocycles. The number of hydrogen-bond donors (Lipinski definition) is 1. The fourth-order valence-electron chi connectivity index (χ4n) is 3.42. The molecule has 1 N–H and O–H groups in total. The Hall–Kier alpha value is -2.39. The summed E-state index contributed by atoms with van der Waals surface area (Å²) in [6.45, 7) is 3.88. The average Bonchev–Trinajstić information content (AvgIpc) is 3.27. The summed E-state index contributed by atoms with van der Waals surface area (Å²) in [5.41, 5.74) is 3.98. The standard InChI is InChI=1S/C17H22N8S/c1-12-20-14(7-16(21-12)22-17-23-19-11-26-17)15-5-3-4-6-25(15)9-13-8-18-10-24(13)2/h7-8,10-11,15H,3-6,9H2,1-2H3,(H,20,21,22,23). The van der Waals surface area contributed by atoms with E-state index in [0.29, 0.717) is 0 Å². The maximum Gasteiger partial charge on any atom is 0.210 e. The molecule has 4 heterocycles. The number of aromatic nitrogens is 6. The number of likely N-dealkylation sites (tertiary alicyclic amines) is 1. The van der Waals surface area contributed by atoms with Crippen molar-refractivity contribution in [1.29, 1.82) is 0 Å². The van der Waals surface area contributed by atoms with Crippen molar-refractivity contribution in [2.24, 2.45) is 7.05 Å². The third-order valence-electron chi connectivity index (χ3n) is 4.69. The Labute approximate surface area is 156 Å². The van der Waals surface area contributed by atoms with Crippen LogP contribution in [0.15, 0.2) is 24.1 Å². The molecule has 3 aromatic heterocycles. The maximum absolute atomic E-state index is 4.74. The number of rotatable bonds is 5. The largest absolute Gasteiger partial charge is 0.337 e. The monoisotopic (exact) mass is 370 g/mol. The zero-order valence-corrected chi connectivity index (χ0v) is 15.8. The van der Waals surface area contributed by atoms with E-state index in [1.807, 2.05) is 32.6 Å². The molecule has 0 bridgehead atoms. The Kier molecular flexibility index (Phi) is 4.89. The molecule has 8 nitrogen and oxygen atoms in total. The van der Waals surface area contributed by atoms with Gasteiger partial charge >= 0.3 is 0 Å². The maximum atomic E-state index is 4.74. The molecular formula is C17H22N8S. The van der Waals surface area contributed by atoms with Crippen LogP contribution in [0.4, 0.5) is 10.9 Å². The predicted molar refractivity (Wildman–Crippen MR) is 100 cm³/mol. The third-order valence-corrected chi connectivity index (χ3v) is 5.30. The van der Waals surface area contributed by atoms with Gasteiger partial charge < -0.3 is 9.88 Å². The van der Waals surface area contributed by atoms with Crippen molar-refractivity contribution in [3.63, 3.8) is 0 Å². The number of anilines is 2. The molecule has 136 valence electrons. The molecule has 1 aliphatic heterocycles. The number of nitrogens with one attached hydrogen (secondary N) is 1. The fraction of sp³-hybridized carbons (Fsp3) is 0.471. The lowest BCUT2D eigenvalue weighted by atomic mass is 9.98. The minimum Gasteiger partial charge on any atom is -0.337 e. The minimum absolute atomic E-state index is 0.287. The summed E-state index contributed by atoms with van der Waals surface area (Å²) < 4.78 is 2.08. The second-order valence-electron chi connectivity index (χ2n) is 6.57. The molecule has 0 aliphatic carbocycles. The van der Waals surface area contributed by atoms with Gasteiger partial charge in [0.05, 0.1) is 23.8 Å². The van der Waals surface area contributed by atoms with Crippen LogP contribution in [0.3, 0.4) is 0 Å². The highest BCUT2D eigenvalue weighted by molar-refractivity contribution is 7.13. The van der Waals surface area contributed by atoms with Crippen LogP contribution in [0.5, 0.6) is 0 Å². The highest BCUT2D eigenvalue weighted by Gasteiger charge is 2.26. The van der Waals surface area contributed by atoms with E-state index in [1.54, 1.807) is 5.51 Å². The van der Waals surface area contributed by atoms with Crippen molar-refractivity contribution in [2.75, 3.05) is 11.9 Å². The molecule has 0 amide bonds. The number of piperidine rings is 1. The van der Waals surface area contributed by atoms with E-state index in [0.717, 1.165) is 42.0 Å². The predicted octanol–water partition coefficient (Wildman–Crippen LogP) is 2.84. The SMILES string of the molecule is Cc1nc(Nc2nncs2)cc(C2CCCCN2Cc2cncn2C)n1. The molecule has 0 saturated carbocycles. The summed E-state index contributed by atoms with van der Waals surface area (Å²) in [7, 11) is 2.04. The van der Waals surface area contributed by atoms with Gasteiger partial charge in [0.2, 0.25) is 5.13 Å². The minimum atomic E-state index is 0.287. The van der Waals surface area contributed by atoms with Crippen molar-refractivity contribution >= 4 is 22.3 Å². The van der Waals surface area contributed by atoms with Crippen molar-refractivity contribution in [2.45, 2.75) is 38.8 Å². The molecule has 0 spiro atoms. The van der Waals surface area contributed by atoms with Crippen LogP contribution >= 0.6 is 11.3 Å². The van der Waals surface area contributed by atoms with Crippen LogP contribution in [-0.4, -0.2) is 41.2 Å². The van der Waals surface area contributed by atoms with E-state index in [4.69, 9.17) is 4.98 Å². The van der Waals surface area contributed by atoms with E-state index in [2.05, 4.69) is 34.9 Å². The molecule has 0 radical (unpaired) electrons. The molecular weight excluding hydrogens is 348 g/mol. The van der Waals surface area contributed by atoms with E-state index >= 15 is 0 Å². The van der Waals surface area contributed by atoms with Gasteiger partial charge in [0.1, 0.15) is 17.2 Å². The number of hydrogen-bond acceptors (Lipinski definition) is 8. The van der Waals surface area contributed by atoms with Gasteiger partial charge in [-0.1, -0.05) is 17.8 Å². The fourth-order valence-corrected chi connectivity index (χ4v) is 3.87.